The second kappa shape index (κ2) is 7.22. The van der Waals surface area contributed by atoms with Crippen LogP contribution in [0.25, 0.3) is 0 Å². The second-order valence-corrected chi connectivity index (χ2v) is 6.62. The van der Waals surface area contributed by atoms with E-state index in [1.807, 2.05) is 5.51 Å². The van der Waals surface area contributed by atoms with Gasteiger partial charge in [0.2, 0.25) is 0 Å². The third kappa shape index (κ3) is 3.85. The van der Waals surface area contributed by atoms with Crippen molar-refractivity contribution in [1.82, 2.24) is 15.2 Å². The van der Waals surface area contributed by atoms with Crippen molar-refractivity contribution < 1.29 is 4.74 Å². The quantitative estimate of drug-likeness (QED) is 0.919. The van der Waals surface area contributed by atoms with Crippen molar-refractivity contribution in [3.05, 3.63) is 46.4 Å². The van der Waals surface area contributed by atoms with Gasteiger partial charge in [-0.25, -0.2) is 4.98 Å². The SMILES string of the molecule is CC(C)Oc1ccc(C2CNCCN2Cc2cscn2)cc1. The Bertz CT molecular complexity index is 568. The average molecular weight is 317 g/mol. The Morgan fingerprint density at radius 1 is 1.36 bits per heavy atom. The summed E-state index contributed by atoms with van der Waals surface area (Å²) >= 11 is 1.66. The molecule has 1 saturated heterocycles. The van der Waals surface area contributed by atoms with Crippen LogP contribution in [-0.2, 0) is 6.54 Å². The largest absolute Gasteiger partial charge is 0.491 e. The lowest BCUT2D eigenvalue weighted by molar-refractivity contribution is 0.152. The Hall–Kier alpha value is -1.43. The fraction of sp³-hybridized carbons (Fsp3) is 0.471. The molecule has 0 aliphatic carbocycles. The lowest BCUT2D eigenvalue weighted by atomic mass is 10.0. The molecule has 1 aromatic heterocycles. The number of hydrogen-bond donors (Lipinski definition) is 1. The first kappa shape index (κ1) is 15.5. The summed E-state index contributed by atoms with van der Waals surface area (Å²) in [5.41, 5.74) is 4.40. The van der Waals surface area contributed by atoms with Gasteiger partial charge >= 0.3 is 0 Å². The summed E-state index contributed by atoms with van der Waals surface area (Å²) in [6.45, 7) is 8.08. The average Bonchev–Trinajstić information content (AvgIpc) is 3.01. The molecule has 0 bridgehead atoms. The van der Waals surface area contributed by atoms with E-state index in [0.717, 1.165) is 37.6 Å². The van der Waals surface area contributed by atoms with Crippen LogP contribution in [-0.4, -0.2) is 35.6 Å². The van der Waals surface area contributed by atoms with Crippen LogP contribution in [0, 0.1) is 0 Å². The smallest absolute Gasteiger partial charge is 0.119 e. The van der Waals surface area contributed by atoms with Gasteiger partial charge in [-0.2, -0.15) is 0 Å². The zero-order valence-corrected chi connectivity index (χ0v) is 14.0. The molecule has 0 radical (unpaired) electrons. The van der Waals surface area contributed by atoms with Crippen LogP contribution in [0.2, 0.25) is 0 Å². The summed E-state index contributed by atoms with van der Waals surface area (Å²) in [4.78, 5) is 6.93. The van der Waals surface area contributed by atoms with Crippen molar-refractivity contribution in [2.45, 2.75) is 32.5 Å². The van der Waals surface area contributed by atoms with Crippen molar-refractivity contribution in [2.24, 2.45) is 0 Å². The van der Waals surface area contributed by atoms with Crippen LogP contribution in [0.3, 0.4) is 0 Å². The molecule has 0 saturated carbocycles. The zero-order valence-electron chi connectivity index (χ0n) is 13.2. The van der Waals surface area contributed by atoms with Crippen LogP contribution in [0.15, 0.2) is 35.2 Å². The predicted molar refractivity (Wildman–Crippen MR) is 90.3 cm³/mol. The summed E-state index contributed by atoms with van der Waals surface area (Å²) in [5.74, 6) is 0.938. The van der Waals surface area contributed by atoms with E-state index in [1.165, 1.54) is 5.56 Å². The van der Waals surface area contributed by atoms with Gasteiger partial charge in [0.05, 0.1) is 17.3 Å². The number of hydrogen-bond acceptors (Lipinski definition) is 5. The van der Waals surface area contributed by atoms with Crippen molar-refractivity contribution >= 4 is 11.3 Å². The van der Waals surface area contributed by atoms with Gasteiger partial charge in [-0.1, -0.05) is 12.1 Å². The van der Waals surface area contributed by atoms with Crippen LogP contribution >= 0.6 is 11.3 Å². The highest BCUT2D eigenvalue weighted by Crippen LogP contribution is 2.26. The Kier molecular flexibility index (Phi) is 5.08. The van der Waals surface area contributed by atoms with Gasteiger partial charge in [0.1, 0.15) is 5.75 Å². The van der Waals surface area contributed by atoms with Crippen LogP contribution in [0.1, 0.15) is 31.1 Å². The molecule has 1 unspecified atom stereocenters. The van der Waals surface area contributed by atoms with E-state index in [0.29, 0.717) is 6.04 Å². The Balaban J connectivity index is 1.72. The minimum absolute atomic E-state index is 0.211. The van der Waals surface area contributed by atoms with Crippen molar-refractivity contribution in [3.8, 4) is 5.75 Å². The standard InChI is InChI=1S/C17H23N3OS/c1-13(2)21-16-5-3-14(4-6-16)17-9-18-7-8-20(17)10-15-11-22-12-19-15/h3-6,11-13,17-18H,7-10H2,1-2H3. The molecule has 2 heterocycles. The molecule has 1 N–H and O–H groups in total. The zero-order chi connectivity index (χ0) is 15.4. The number of aromatic nitrogens is 1. The maximum atomic E-state index is 5.73. The number of thiazole rings is 1. The van der Waals surface area contributed by atoms with E-state index < -0.39 is 0 Å². The molecular formula is C17H23N3OS. The monoisotopic (exact) mass is 317 g/mol. The third-order valence-electron chi connectivity index (χ3n) is 3.84. The first-order valence-corrected chi connectivity index (χ1v) is 8.75. The molecule has 3 rings (SSSR count). The molecule has 1 atom stereocenters. The minimum atomic E-state index is 0.211. The summed E-state index contributed by atoms with van der Waals surface area (Å²) in [6.07, 6.45) is 0.211. The molecule has 0 amide bonds. The topological polar surface area (TPSA) is 37.4 Å². The molecule has 118 valence electrons. The highest BCUT2D eigenvalue weighted by atomic mass is 32.1. The summed E-state index contributed by atoms with van der Waals surface area (Å²) in [6, 6.07) is 8.91. The summed E-state index contributed by atoms with van der Waals surface area (Å²) in [7, 11) is 0. The third-order valence-corrected chi connectivity index (χ3v) is 4.47. The van der Waals surface area contributed by atoms with E-state index in [1.54, 1.807) is 11.3 Å². The number of piperazine rings is 1. The van der Waals surface area contributed by atoms with Crippen LogP contribution < -0.4 is 10.1 Å². The summed E-state index contributed by atoms with van der Waals surface area (Å²) < 4.78 is 5.73. The van der Waals surface area contributed by atoms with Gasteiger partial charge in [-0.05, 0) is 31.5 Å². The molecule has 5 heteroatoms. The molecule has 4 nitrogen and oxygen atoms in total. The molecular weight excluding hydrogens is 294 g/mol. The second-order valence-electron chi connectivity index (χ2n) is 5.91. The minimum Gasteiger partial charge on any atom is -0.491 e. The van der Waals surface area contributed by atoms with Crippen molar-refractivity contribution in [2.75, 3.05) is 19.6 Å². The molecule has 1 aliphatic heterocycles. The van der Waals surface area contributed by atoms with Gasteiger partial charge in [0.15, 0.2) is 0 Å². The van der Waals surface area contributed by atoms with Gasteiger partial charge in [-0.15, -0.1) is 11.3 Å². The van der Waals surface area contributed by atoms with Crippen molar-refractivity contribution in [1.29, 1.82) is 0 Å². The van der Waals surface area contributed by atoms with Crippen LogP contribution in [0.5, 0.6) is 5.75 Å². The maximum absolute atomic E-state index is 5.73. The van der Waals surface area contributed by atoms with E-state index in [9.17, 15) is 0 Å². The Labute approximate surface area is 136 Å². The van der Waals surface area contributed by atoms with Crippen molar-refractivity contribution in [3.63, 3.8) is 0 Å². The first-order valence-electron chi connectivity index (χ1n) is 7.81. The normalized spacial score (nSPS) is 19.5. The number of rotatable bonds is 5. The van der Waals surface area contributed by atoms with Crippen LogP contribution in [0.4, 0.5) is 0 Å². The molecule has 1 aromatic carbocycles. The molecule has 1 fully saturated rings. The number of benzene rings is 1. The lowest BCUT2D eigenvalue weighted by Crippen LogP contribution is -2.45. The lowest BCUT2D eigenvalue weighted by Gasteiger charge is -2.36. The highest BCUT2D eigenvalue weighted by Gasteiger charge is 2.24. The number of nitrogens with zero attached hydrogens (tertiary/aromatic N) is 2. The fourth-order valence-corrected chi connectivity index (χ4v) is 3.38. The first-order chi connectivity index (χ1) is 10.7. The molecule has 2 aromatic rings. The molecule has 22 heavy (non-hydrogen) atoms. The van der Waals surface area contributed by atoms with E-state index in [-0.39, 0.29) is 6.10 Å². The molecule has 1 aliphatic rings. The van der Waals surface area contributed by atoms with Gasteiger partial charge in [0.25, 0.3) is 0 Å². The van der Waals surface area contributed by atoms with Gasteiger partial charge < -0.3 is 10.1 Å². The predicted octanol–water partition coefficient (Wildman–Crippen LogP) is 3.08. The molecule has 0 spiro atoms. The van der Waals surface area contributed by atoms with Gasteiger partial charge in [-0.3, -0.25) is 4.90 Å². The Morgan fingerprint density at radius 3 is 2.86 bits per heavy atom. The van der Waals surface area contributed by atoms with E-state index in [2.05, 4.69) is 58.7 Å². The van der Waals surface area contributed by atoms with Gasteiger partial charge in [0, 0.05) is 37.6 Å². The number of nitrogens with one attached hydrogen (secondary N) is 1. The Morgan fingerprint density at radius 2 is 2.18 bits per heavy atom. The number of ether oxygens (including phenoxy) is 1. The fourth-order valence-electron chi connectivity index (χ4n) is 2.83. The summed E-state index contributed by atoms with van der Waals surface area (Å²) in [5, 5.41) is 5.64. The maximum Gasteiger partial charge on any atom is 0.119 e. The van der Waals surface area contributed by atoms with E-state index in [4.69, 9.17) is 4.74 Å². The van der Waals surface area contributed by atoms with E-state index >= 15 is 0 Å². The highest BCUT2D eigenvalue weighted by molar-refractivity contribution is 7.07.